The van der Waals surface area contributed by atoms with Gasteiger partial charge >= 0.3 is 0 Å². The molecule has 0 saturated heterocycles. The number of aliphatic imine (C=N–C) groups is 1. The van der Waals surface area contributed by atoms with Crippen LogP contribution < -0.4 is 10.0 Å². The quantitative estimate of drug-likeness (QED) is 0.307. The molecule has 134 valence electrons. The molecule has 0 aliphatic rings. The van der Waals surface area contributed by atoms with Crippen LogP contribution in [-0.4, -0.2) is 47.0 Å². The van der Waals surface area contributed by atoms with Gasteiger partial charge in [0, 0.05) is 27.2 Å². The van der Waals surface area contributed by atoms with Crippen molar-refractivity contribution in [2.24, 2.45) is 4.99 Å². The standard InChI is InChI=1S/C17H28N4O2S/c1-5-6-7-11-21(4)17(18-2)20-13-15-9-8-10-16(12-15)14-24(22,23)19-3/h5,8-10,12,19H,1,6-7,11,13-14H2,2-4H3,(H,18,20). The lowest BCUT2D eigenvalue weighted by Gasteiger charge is -2.22. The first kappa shape index (κ1) is 20.2. The molecule has 1 aromatic rings. The Morgan fingerprint density at radius 1 is 1.38 bits per heavy atom. The molecule has 1 rings (SSSR count). The van der Waals surface area contributed by atoms with Crippen LogP contribution in [-0.2, 0) is 22.3 Å². The van der Waals surface area contributed by atoms with Crippen molar-refractivity contribution in [2.45, 2.75) is 25.1 Å². The second kappa shape index (κ2) is 10.1. The lowest BCUT2D eigenvalue weighted by atomic mass is 10.1. The van der Waals surface area contributed by atoms with E-state index in [1.807, 2.05) is 37.4 Å². The maximum absolute atomic E-state index is 11.6. The lowest BCUT2D eigenvalue weighted by Crippen LogP contribution is -2.39. The number of nitrogens with zero attached hydrogens (tertiary/aromatic N) is 2. The minimum Gasteiger partial charge on any atom is -0.352 e. The van der Waals surface area contributed by atoms with Gasteiger partial charge < -0.3 is 10.2 Å². The Morgan fingerprint density at radius 2 is 2.08 bits per heavy atom. The first-order valence-corrected chi connectivity index (χ1v) is 9.58. The summed E-state index contributed by atoms with van der Waals surface area (Å²) in [7, 11) is 1.91. The second-order valence-electron chi connectivity index (χ2n) is 5.54. The lowest BCUT2D eigenvalue weighted by molar-refractivity contribution is 0.470. The molecular weight excluding hydrogens is 324 g/mol. The van der Waals surface area contributed by atoms with Crippen molar-refractivity contribution in [2.75, 3.05) is 27.7 Å². The number of allylic oxidation sites excluding steroid dienone is 1. The van der Waals surface area contributed by atoms with E-state index in [1.165, 1.54) is 7.05 Å². The van der Waals surface area contributed by atoms with Crippen LogP contribution in [0.2, 0.25) is 0 Å². The van der Waals surface area contributed by atoms with Crippen LogP contribution >= 0.6 is 0 Å². The Labute approximate surface area is 145 Å². The Morgan fingerprint density at radius 3 is 2.71 bits per heavy atom. The summed E-state index contributed by atoms with van der Waals surface area (Å²) in [5, 5.41) is 3.30. The average molecular weight is 353 g/mol. The minimum atomic E-state index is -3.26. The molecule has 0 amide bonds. The zero-order valence-corrected chi connectivity index (χ0v) is 15.6. The molecule has 0 spiro atoms. The van der Waals surface area contributed by atoms with Crippen LogP contribution in [0.25, 0.3) is 0 Å². The number of sulfonamides is 1. The summed E-state index contributed by atoms with van der Waals surface area (Å²) >= 11 is 0. The van der Waals surface area contributed by atoms with Gasteiger partial charge in [0.05, 0.1) is 5.75 Å². The number of unbranched alkanes of at least 4 members (excludes halogenated alkanes) is 1. The van der Waals surface area contributed by atoms with Crippen molar-refractivity contribution < 1.29 is 8.42 Å². The molecule has 1 aromatic carbocycles. The minimum absolute atomic E-state index is 0.0203. The summed E-state index contributed by atoms with van der Waals surface area (Å²) in [6.07, 6.45) is 3.91. The smallest absolute Gasteiger partial charge is 0.215 e. The number of hydrogen-bond acceptors (Lipinski definition) is 3. The Kier molecular flexibility index (Phi) is 8.49. The van der Waals surface area contributed by atoms with E-state index in [1.54, 1.807) is 7.05 Å². The largest absolute Gasteiger partial charge is 0.352 e. The Bertz CT molecular complexity index is 656. The molecule has 0 heterocycles. The van der Waals surface area contributed by atoms with Gasteiger partial charge in [0.25, 0.3) is 0 Å². The van der Waals surface area contributed by atoms with Crippen LogP contribution in [0.4, 0.5) is 0 Å². The van der Waals surface area contributed by atoms with Gasteiger partial charge in [-0.1, -0.05) is 30.3 Å². The fourth-order valence-electron chi connectivity index (χ4n) is 2.27. The molecule has 0 atom stereocenters. The maximum Gasteiger partial charge on any atom is 0.215 e. The maximum atomic E-state index is 11.6. The van der Waals surface area contributed by atoms with E-state index in [4.69, 9.17) is 0 Å². The molecule has 24 heavy (non-hydrogen) atoms. The molecule has 0 aliphatic heterocycles. The van der Waals surface area contributed by atoms with Crippen molar-refractivity contribution >= 4 is 16.0 Å². The molecule has 0 aromatic heterocycles. The summed E-state index contributed by atoms with van der Waals surface area (Å²) in [5.74, 6) is 0.792. The highest BCUT2D eigenvalue weighted by molar-refractivity contribution is 7.88. The Balaban J connectivity index is 2.64. The fourth-order valence-corrected chi connectivity index (χ4v) is 3.03. The molecule has 6 nitrogen and oxygen atoms in total. The predicted octanol–water partition coefficient (Wildman–Crippen LogP) is 1.71. The fraction of sp³-hybridized carbons (Fsp3) is 0.471. The van der Waals surface area contributed by atoms with Crippen LogP contribution in [0.3, 0.4) is 0 Å². The van der Waals surface area contributed by atoms with Crippen molar-refractivity contribution in [1.29, 1.82) is 0 Å². The molecule has 0 radical (unpaired) electrons. The van der Waals surface area contributed by atoms with Crippen LogP contribution in [0.5, 0.6) is 0 Å². The SMILES string of the molecule is C=CCCCN(C)C(=NC)NCc1cccc(CS(=O)(=O)NC)c1. The number of rotatable bonds is 9. The number of guanidine groups is 1. The van der Waals surface area contributed by atoms with Gasteiger partial charge in [-0.3, -0.25) is 4.99 Å². The van der Waals surface area contributed by atoms with E-state index in [0.717, 1.165) is 36.5 Å². The normalized spacial score (nSPS) is 12.0. The van der Waals surface area contributed by atoms with Crippen molar-refractivity contribution in [1.82, 2.24) is 14.9 Å². The topological polar surface area (TPSA) is 73.8 Å². The monoisotopic (exact) mass is 352 g/mol. The first-order valence-electron chi connectivity index (χ1n) is 7.93. The van der Waals surface area contributed by atoms with Gasteiger partial charge in [-0.15, -0.1) is 6.58 Å². The molecular formula is C17H28N4O2S. The third-order valence-corrected chi connectivity index (χ3v) is 4.92. The van der Waals surface area contributed by atoms with Gasteiger partial charge in [-0.2, -0.15) is 0 Å². The van der Waals surface area contributed by atoms with E-state index >= 15 is 0 Å². The van der Waals surface area contributed by atoms with Crippen molar-refractivity contribution in [3.8, 4) is 0 Å². The molecule has 0 fully saturated rings. The third kappa shape index (κ3) is 7.14. The van der Waals surface area contributed by atoms with E-state index in [2.05, 4.69) is 26.5 Å². The van der Waals surface area contributed by atoms with Crippen LogP contribution in [0.1, 0.15) is 24.0 Å². The zero-order valence-electron chi connectivity index (χ0n) is 14.7. The summed E-state index contributed by atoms with van der Waals surface area (Å²) in [4.78, 5) is 6.34. The molecule has 7 heteroatoms. The van der Waals surface area contributed by atoms with Gasteiger partial charge in [0.15, 0.2) is 5.96 Å². The summed E-state index contributed by atoms with van der Waals surface area (Å²) < 4.78 is 25.6. The van der Waals surface area contributed by atoms with E-state index in [-0.39, 0.29) is 5.75 Å². The molecule has 0 aliphatic carbocycles. The number of benzene rings is 1. The van der Waals surface area contributed by atoms with E-state index < -0.39 is 10.0 Å². The third-order valence-electron chi connectivity index (χ3n) is 3.58. The molecule has 0 saturated carbocycles. The molecule has 2 N–H and O–H groups in total. The molecule has 0 unspecified atom stereocenters. The summed E-state index contributed by atoms with van der Waals surface area (Å²) in [6, 6.07) is 7.54. The highest BCUT2D eigenvalue weighted by atomic mass is 32.2. The summed E-state index contributed by atoms with van der Waals surface area (Å²) in [6.45, 7) is 5.21. The van der Waals surface area contributed by atoms with Crippen LogP contribution in [0.15, 0.2) is 41.9 Å². The van der Waals surface area contributed by atoms with Crippen molar-refractivity contribution in [3.05, 3.63) is 48.0 Å². The van der Waals surface area contributed by atoms with Gasteiger partial charge in [-0.05, 0) is 31.0 Å². The van der Waals surface area contributed by atoms with E-state index in [0.29, 0.717) is 6.54 Å². The van der Waals surface area contributed by atoms with Crippen molar-refractivity contribution in [3.63, 3.8) is 0 Å². The van der Waals surface area contributed by atoms with Crippen LogP contribution in [0, 0.1) is 0 Å². The number of hydrogen-bond donors (Lipinski definition) is 2. The number of nitrogens with one attached hydrogen (secondary N) is 2. The second-order valence-corrected chi connectivity index (χ2v) is 7.46. The van der Waals surface area contributed by atoms with Gasteiger partial charge in [0.2, 0.25) is 10.0 Å². The van der Waals surface area contributed by atoms with Gasteiger partial charge in [-0.25, -0.2) is 13.1 Å². The first-order chi connectivity index (χ1) is 11.4. The molecule has 0 bridgehead atoms. The van der Waals surface area contributed by atoms with E-state index in [9.17, 15) is 8.42 Å². The highest BCUT2D eigenvalue weighted by Gasteiger charge is 2.09. The highest BCUT2D eigenvalue weighted by Crippen LogP contribution is 2.09. The van der Waals surface area contributed by atoms with Gasteiger partial charge in [0.1, 0.15) is 0 Å². The predicted molar refractivity (Wildman–Crippen MR) is 100 cm³/mol. The summed E-state index contributed by atoms with van der Waals surface area (Å²) in [5.41, 5.74) is 1.78. The average Bonchev–Trinajstić information content (AvgIpc) is 2.55. The Hall–Kier alpha value is -1.86. The zero-order chi connectivity index (χ0) is 18.0.